The van der Waals surface area contributed by atoms with Crippen LogP contribution in [0.4, 0.5) is 0 Å². The van der Waals surface area contributed by atoms with Crippen LogP contribution in [0.15, 0.2) is 29.9 Å². The Morgan fingerprint density at radius 3 is 3.11 bits per heavy atom. The number of carbonyl (C=O) groups excluding carboxylic acids is 1. The number of hydrogen-bond acceptors (Lipinski definition) is 4. The Labute approximate surface area is 114 Å². The van der Waals surface area contributed by atoms with Crippen molar-refractivity contribution in [2.45, 2.75) is 13.0 Å². The van der Waals surface area contributed by atoms with Crippen molar-refractivity contribution in [2.24, 2.45) is 0 Å². The van der Waals surface area contributed by atoms with Crippen LogP contribution in [0.2, 0.25) is 0 Å². The van der Waals surface area contributed by atoms with Gasteiger partial charge in [0.15, 0.2) is 0 Å². The standard InChI is InChI=1S/C12H12ClN3OS/c13-4-3-11(17)15-7-10-8-18-12(16-10)9-2-1-5-14-6-9/h1-2,5-6,8H,3-4,7H2,(H,15,17). The summed E-state index contributed by atoms with van der Waals surface area (Å²) in [6.07, 6.45) is 3.83. The lowest BCUT2D eigenvalue weighted by Crippen LogP contribution is -2.22. The highest BCUT2D eigenvalue weighted by molar-refractivity contribution is 7.13. The van der Waals surface area contributed by atoms with Gasteiger partial charge in [-0.15, -0.1) is 22.9 Å². The monoisotopic (exact) mass is 281 g/mol. The van der Waals surface area contributed by atoms with Gasteiger partial charge in [0.05, 0.1) is 12.2 Å². The molecule has 0 radical (unpaired) electrons. The van der Waals surface area contributed by atoms with E-state index in [1.165, 1.54) is 11.3 Å². The van der Waals surface area contributed by atoms with Crippen molar-refractivity contribution in [1.29, 1.82) is 0 Å². The number of aromatic nitrogens is 2. The molecule has 0 unspecified atom stereocenters. The van der Waals surface area contributed by atoms with Crippen LogP contribution in [0.3, 0.4) is 0 Å². The Balaban J connectivity index is 1.97. The molecule has 0 aliphatic rings. The number of carbonyl (C=O) groups is 1. The predicted octanol–water partition coefficient (Wildman–Crippen LogP) is 2.45. The molecule has 0 aromatic carbocycles. The fourth-order valence-electron chi connectivity index (χ4n) is 1.37. The third kappa shape index (κ3) is 3.51. The van der Waals surface area contributed by atoms with Crippen LogP contribution in [-0.4, -0.2) is 21.8 Å². The second kappa shape index (κ2) is 6.47. The summed E-state index contributed by atoms with van der Waals surface area (Å²) in [6.45, 7) is 0.437. The summed E-state index contributed by atoms with van der Waals surface area (Å²) in [7, 11) is 0. The van der Waals surface area contributed by atoms with Crippen molar-refractivity contribution in [3.63, 3.8) is 0 Å². The predicted molar refractivity (Wildman–Crippen MR) is 72.5 cm³/mol. The van der Waals surface area contributed by atoms with Gasteiger partial charge in [-0.3, -0.25) is 9.78 Å². The van der Waals surface area contributed by atoms with Gasteiger partial charge in [-0.05, 0) is 12.1 Å². The molecule has 2 aromatic rings. The molecule has 4 nitrogen and oxygen atoms in total. The van der Waals surface area contributed by atoms with E-state index in [2.05, 4.69) is 15.3 Å². The van der Waals surface area contributed by atoms with E-state index in [9.17, 15) is 4.79 Å². The maximum atomic E-state index is 11.3. The Morgan fingerprint density at radius 2 is 2.39 bits per heavy atom. The summed E-state index contributed by atoms with van der Waals surface area (Å²) < 4.78 is 0. The van der Waals surface area contributed by atoms with Gasteiger partial charge < -0.3 is 5.32 Å². The highest BCUT2D eigenvalue weighted by Gasteiger charge is 2.06. The van der Waals surface area contributed by atoms with Crippen molar-refractivity contribution < 1.29 is 4.79 Å². The van der Waals surface area contributed by atoms with Gasteiger partial charge >= 0.3 is 0 Å². The first kappa shape index (κ1) is 13.0. The summed E-state index contributed by atoms with van der Waals surface area (Å²) in [4.78, 5) is 19.8. The van der Waals surface area contributed by atoms with E-state index >= 15 is 0 Å². The smallest absolute Gasteiger partial charge is 0.221 e. The molecule has 2 heterocycles. The van der Waals surface area contributed by atoms with Gasteiger partial charge in [0, 0.05) is 35.6 Å². The lowest BCUT2D eigenvalue weighted by atomic mass is 10.3. The SMILES string of the molecule is O=C(CCCl)NCc1csc(-c2cccnc2)n1. The number of nitrogens with one attached hydrogen (secondary N) is 1. The highest BCUT2D eigenvalue weighted by Crippen LogP contribution is 2.22. The lowest BCUT2D eigenvalue weighted by Gasteiger charge is -2.00. The Kier molecular flexibility index (Phi) is 4.66. The minimum atomic E-state index is -0.0547. The zero-order chi connectivity index (χ0) is 12.8. The fourth-order valence-corrected chi connectivity index (χ4v) is 2.36. The van der Waals surface area contributed by atoms with Crippen LogP contribution in [-0.2, 0) is 11.3 Å². The van der Waals surface area contributed by atoms with Gasteiger partial charge in [0.2, 0.25) is 5.91 Å². The van der Waals surface area contributed by atoms with Crippen LogP contribution in [0.1, 0.15) is 12.1 Å². The van der Waals surface area contributed by atoms with E-state index in [0.29, 0.717) is 18.8 Å². The molecule has 1 N–H and O–H groups in total. The fraction of sp³-hybridized carbons (Fsp3) is 0.250. The molecule has 2 aromatic heterocycles. The van der Waals surface area contributed by atoms with E-state index in [-0.39, 0.29) is 5.91 Å². The Bertz CT molecular complexity index is 515. The maximum absolute atomic E-state index is 11.3. The third-order valence-corrected chi connectivity index (χ3v) is 3.38. The first-order valence-corrected chi connectivity index (χ1v) is 6.88. The van der Waals surface area contributed by atoms with Crippen LogP contribution < -0.4 is 5.32 Å². The van der Waals surface area contributed by atoms with Crippen molar-refractivity contribution >= 4 is 28.8 Å². The number of halogens is 1. The topological polar surface area (TPSA) is 54.9 Å². The molecule has 0 aliphatic carbocycles. The molecule has 6 heteroatoms. The zero-order valence-corrected chi connectivity index (χ0v) is 11.2. The van der Waals surface area contributed by atoms with E-state index in [4.69, 9.17) is 11.6 Å². The molecule has 0 bridgehead atoms. The summed E-state index contributed by atoms with van der Waals surface area (Å²) in [5, 5.41) is 5.61. The molecule has 0 aliphatic heterocycles. The minimum absolute atomic E-state index is 0.0547. The number of hydrogen-bond donors (Lipinski definition) is 1. The van der Waals surface area contributed by atoms with Crippen molar-refractivity contribution in [2.75, 3.05) is 5.88 Å². The number of alkyl halides is 1. The number of pyridine rings is 1. The average molecular weight is 282 g/mol. The minimum Gasteiger partial charge on any atom is -0.350 e. The maximum Gasteiger partial charge on any atom is 0.221 e. The second-order valence-corrected chi connectivity index (χ2v) is 4.84. The molecule has 0 saturated carbocycles. The third-order valence-electron chi connectivity index (χ3n) is 2.25. The largest absolute Gasteiger partial charge is 0.350 e. The lowest BCUT2D eigenvalue weighted by molar-refractivity contribution is -0.120. The molecular formula is C12H12ClN3OS. The molecule has 0 fully saturated rings. The van der Waals surface area contributed by atoms with Crippen LogP contribution in [0, 0.1) is 0 Å². The molecular weight excluding hydrogens is 270 g/mol. The summed E-state index contributed by atoms with van der Waals surface area (Å²) in [5.74, 6) is 0.282. The van der Waals surface area contributed by atoms with Crippen LogP contribution in [0.5, 0.6) is 0 Å². The van der Waals surface area contributed by atoms with Crippen molar-refractivity contribution in [3.05, 3.63) is 35.6 Å². The van der Waals surface area contributed by atoms with Crippen LogP contribution >= 0.6 is 22.9 Å². The first-order valence-electron chi connectivity index (χ1n) is 5.47. The molecule has 0 spiro atoms. The second-order valence-electron chi connectivity index (χ2n) is 3.60. The average Bonchev–Trinajstić information content (AvgIpc) is 2.87. The molecule has 0 atom stereocenters. The quantitative estimate of drug-likeness (QED) is 0.857. The Morgan fingerprint density at radius 1 is 1.50 bits per heavy atom. The summed E-state index contributed by atoms with van der Waals surface area (Å²) in [6, 6.07) is 3.83. The molecule has 0 saturated heterocycles. The van der Waals surface area contributed by atoms with Gasteiger partial charge in [-0.1, -0.05) is 0 Å². The number of thiazole rings is 1. The normalized spacial score (nSPS) is 10.3. The molecule has 94 valence electrons. The molecule has 1 amide bonds. The zero-order valence-electron chi connectivity index (χ0n) is 9.60. The van der Waals surface area contributed by atoms with Gasteiger partial charge in [-0.25, -0.2) is 4.98 Å². The Hall–Kier alpha value is -1.46. The van der Waals surface area contributed by atoms with Crippen LogP contribution in [0.25, 0.3) is 10.6 Å². The number of amides is 1. The van der Waals surface area contributed by atoms with E-state index in [1.54, 1.807) is 12.4 Å². The molecule has 18 heavy (non-hydrogen) atoms. The molecule has 2 rings (SSSR count). The van der Waals surface area contributed by atoms with Crippen molar-refractivity contribution in [1.82, 2.24) is 15.3 Å². The number of rotatable bonds is 5. The number of nitrogens with zero attached hydrogens (tertiary/aromatic N) is 2. The van der Waals surface area contributed by atoms with Gasteiger partial charge in [-0.2, -0.15) is 0 Å². The van der Waals surface area contributed by atoms with E-state index in [0.717, 1.165) is 16.3 Å². The summed E-state index contributed by atoms with van der Waals surface area (Å²) >= 11 is 7.02. The van der Waals surface area contributed by atoms with Gasteiger partial charge in [0.25, 0.3) is 0 Å². The van der Waals surface area contributed by atoms with E-state index in [1.807, 2.05) is 17.5 Å². The van der Waals surface area contributed by atoms with Crippen molar-refractivity contribution in [3.8, 4) is 10.6 Å². The van der Waals surface area contributed by atoms with Gasteiger partial charge in [0.1, 0.15) is 5.01 Å². The highest BCUT2D eigenvalue weighted by atomic mass is 35.5. The first-order chi connectivity index (χ1) is 8.79. The van der Waals surface area contributed by atoms with E-state index < -0.39 is 0 Å². The summed E-state index contributed by atoms with van der Waals surface area (Å²) in [5.41, 5.74) is 1.84.